The molecule has 1 rings (SSSR count). The maximum Gasteiger partial charge on any atom is 0.395 e. The van der Waals surface area contributed by atoms with Gasteiger partial charge in [-0.25, -0.2) is 0 Å². The van der Waals surface area contributed by atoms with Crippen LogP contribution in [0.3, 0.4) is 0 Å². The lowest BCUT2D eigenvalue weighted by Crippen LogP contribution is -2.44. The Bertz CT molecular complexity index is 370. The molecule has 0 aromatic heterocycles. The van der Waals surface area contributed by atoms with Gasteiger partial charge in [0, 0.05) is 5.41 Å². The van der Waals surface area contributed by atoms with Gasteiger partial charge in [-0.15, -0.1) is 0 Å². The van der Waals surface area contributed by atoms with Crippen molar-refractivity contribution in [3.8, 4) is 0 Å². The third-order valence-corrected chi connectivity index (χ3v) is 4.04. The highest BCUT2D eigenvalue weighted by Crippen LogP contribution is 2.52. The number of allylic oxidation sites excluding steroid dienone is 6. The minimum Gasteiger partial charge on any atom is -0.170 e. The van der Waals surface area contributed by atoms with Gasteiger partial charge in [0.2, 0.25) is 0 Å². The zero-order valence-electron chi connectivity index (χ0n) is 10.9. The summed E-state index contributed by atoms with van der Waals surface area (Å²) in [4.78, 5) is 0. The van der Waals surface area contributed by atoms with E-state index in [1.807, 2.05) is 13.8 Å². The zero-order chi connectivity index (χ0) is 13.5. The Morgan fingerprint density at radius 1 is 0.941 bits per heavy atom. The van der Waals surface area contributed by atoms with Gasteiger partial charge in [0.15, 0.2) is 0 Å². The highest BCUT2D eigenvalue weighted by Gasteiger charge is 2.56. The Morgan fingerprint density at radius 3 is 1.59 bits per heavy atom. The molecule has 0 fully saturated rings. The average Bonchev–Trinajstić information content (AvgIpc) is 2.31. The van der Waals surface area contributed by atoms with Gasteiger partial charge in [0.05, 0.1) is 5.41 Å². The number of alkyl halides is 3. The standard InChI is InChI=1S/C14H19F3/c1-10-6-8-13(5,9-7-11(10)2)12(3,4)14(15,16)17/h6-9H,1-5H3. The molecule has 1 aliphatic carbocycles. The Kier molecular flexibility index (Phi) is 3.34. The smallest absolute Gasteiger partial charge is 0.170 e. The lowest BCUT2D eigenvalue weighted by molar-refractivity contribution is -0.233. The highest BCUT2D eigenvalue weighted by molar-refractivity contribution is 5.37. The van der Waals surface area contributed by atoms with Gasteiger partial charge in [0.25, 0.3) is 0 Å². The molecule has 0 saturated carbocycles. The van der Waals surface area contributed by atoms with Crippen LogP contribution in [-0.4, -0.2) is 6.18 Å². The molecule has 0 N–H and O–H groups in total. The summed E-state index contributed by atoms with van der Waals surface area (Å²) in [6.07, 6.45) is 2.64. The summed E-state index contributed by atoms with van der Waals surface area (Å²) in [6.45, 7) is 7.93. The van der Waals surface area contributed by atoms with Crippen LogP contribution in [0.1, 0.15) is 34.6 Å². The van der Waals surface area contributed by atoms with E-state index in [1.54, 1.807) is 31.2 Å². The van der Waals surface area contributed by atoms with Crippen molar-refractivity contribution in [2.75, 3.05) is 0 Å². The summed E-state index contributed by atoms with van der Waals surface area (Å²) >= 11 is 0. The normalized spacial score (nSPS) is 20.7. The Labute approximate surface area is 101 Å². The molecule has 3 heteroatoms. The van der Waals surface area contributed by atoms with Crippen molar-refractivity contribution in [2.45, 2.75) is 40.8 Å². The van der Waals surface area contributed by atoms with E-state index < -0.39 is 17.0 Å². The zero-order valence-corrected chi connectivity index (χ0v) is 10.9. The van der Waals surface area contributed by atoms with E-state index in [-0.39, 0.29) is 0 Å². The van der Waals surface area contributed by atoms with Gasteiger partial charge in [-0.3, -0.25) is 0 Å². The van der Waals surface area contributed by atoms with Crippen molar-refractivity contribution < 1.29 is 13.2 Å². The third-order valence-electron chi connectivity index (χ3n) is 4.04. The van der Waals surface area contributed by atoms with E-state index in [0.717, 1.165) is 11.1 Å². The summed E-state index contributed by atoms with van der Waals surface area (Å²) in [5, 5.41) is 0. The molecule has 0 saturated heterocycles. The first kappa shape index (κ1) is 14.1. The molecule has 1 aliphatic rings. The molecule has 0 bridgehead atoms. The second-order valence-corrected chi connectivity index (χ2v) is 5.44. The van der Waals surface area contributed by atoms with E-state index in [2.05, 4.69) is 0 Å². The average molecular weight is 244 g/mol. The summed E-state index contributed by atoms with van der Waals surface area (Å²) in [7, 11) is 0. The van der Waals surface area contributed by atoms with Crippen molar-refractivity contribution in [2.24, 2.45) is 10.8 Å². The minimum atomic E-state index is -4.23. The predicted octanol–water partition coefficient (Wildman–Crippen LogP) is 5.04. The van der Waals surface area contributed by atoms with E-state index >= 15 is 0 Å². The molecule has 0 aromatic carbocycles. The van der Waals surface area contributed by atoms with Crippen LogP contribution in [0.15, 0.2) is 35.5 Å². The molecule has 0 aliphatic heterocycles. The summed E-state index contributed by atoms with van der Waals surface area (Å²) in [6, 6.07) is 0. The van der Waals surface area contributed by atoms with Gasteiger partial charge in [-0.05, 0) is 25.0 Å². The molecule has 0 unspecified atom stereocenters. The molecular weight excluding hydrogens is 225 g/mol. The van der Waals surface area contributed by atoms with Crippen LogP contribution >= 0.6 is 0 Å². The molecule has 0 radical (unpaired) electrons. The fourth-order valence-electron chi connectivity index (χ4n) is 1.64. The number of halogens is 3. The highest BCUT2D eigenvalue weighted by atomic mass is 19.4. The van der Waals surface area contributed by atoms with Crippen molar-refractivity contribution in [3.05, 3.63) is 35.5 Å². The van der Waals surface area contributed by atoms with Crippen LogP contribution in [0.5, 0.6) is 0 Å². The summed E-state index contributed by atoms with van der Waals surface area (Å²) in [5.74, 6) is 0. The molecule has 0 atom stereocenters. The fourth-order valence-corrected chi connectivity index (χ4v) is 1.64. The quantitative estimate of drug-likeness (QED) is 0.606. The molecular formula is C14H19F3. The monoisotopic (exact) mass is 244 g/mol. The first-order valence-corrected chi connectivity index (χ1v) is 5.64. The van der Waals surface area contributed by atoms with Crippen molar-refractivity contribution in [3.63, 3.8) is 0 Å². The van der Waals surface area contributed by atoms with Crippen molar-refractivity contribution in [1.29, 1.82) is 0 Å². The summed E-state index contributed by atoms with van der Waals surface area (Å²) < 4.78 is 39.3. The topological polar surface area (TPSA) is 0 Å². The van der Waals surface area contributed by atoms with Crippen LogP contribution in [-0.2, 0) is 0 Å². The molecule has 0 amide bonds. The molecule has 0 aromatic rings. The first-order valence-electron chi connectivity index (χ1n) is 5.64. The van der Waals surface area contributed by atoms with E-state index in [0.29, 0.717) is 0 Å². The molecule has 0 heterocycles. The third kappa shape index (κ3) is 2.33. The van der Waals surface area contributed by atoms with E-state index in [4.69, 9.17) is 0 Å². The largest absolute Gasteiger partial charge is 0.395 e. The van der Waals surface area contributed by atoms with Gasteiger partial charge < -0.3 is 0 Å². The van der Waals surface area contributed by atoms with Crippen molar-refractivity contribution >= 4 is 0 Å². The first-order chi connectivity index (χ1) is 7.51. The Hall–Kier alpha value is -0.990. The summed E-state index contributed by atoms with van der Waals surface area (Å²) in [5.41, 5.74) is -0.812. The van der Waals surface area contributed by atoms with Gasteiger partial charge in [-0.2, -0.15) is 13.2 Å². The Morgan fingerprint density at radius 2 is 1.29 bits per heavy atom. The van der Waals surface area contributed by atoms with Crippen LogP contribution in [0.4, 0.5) is 13.2 Å². The fraction of sp³-hybridized carbons (Fsp3) is 0.571. The predicted molar refractivity (Wildman–Crippen MR) is 64.6 cm³/mol. The molecule has 0 nitrogen and oxygen atoms in total. The van der Waals surface area contributed by atoms with E-state index in [1.165, 1.54) is 13.8 Å². The van der Waals surface area contributed by atoms with Crippen LogP contribution in [0.2, 0.25) is 0 Å². The minimum absolute atomic E-state index is 1.00. The lowest BCUT2D eigenvalue weighted by Gasteiger charge is -2.41. The molecule has 17 heavy (non-hydrogen) atoms. The molecule has 96 valence electrons. The van der Waals surface area contributed by atoms with Crippen LogP contribution < -0.4 is 0 Å². The van der Waals surface area contributed by atoms with Crippen molar-refractivity contribution in [1.82, 2.24) is 0 Å². The maximum atomic E-state index is 13.1. The van der Waals surface area contributed by atoms with Gasteiger partial charge >= 0.3 is 6.18 Å². The van der Waals surface area contributed by atoms with E-state index in [9.17, 15) is 13.2 Å². The number of hydrogen-bond acceptors (Lipinski definition) is 0. The van der Waals surface area contributed by atoms with Crippen LogP contribution in [0.25, 0.3) is 0 Å². The molecule has 0 spiro atoms. The van der Waals surface area contributed by atoms with Gasteiger partial charge in [0.1, 0.15) is 0 Å². The second kappa shape index (κ2) is 4.04. The number of hydrogen-bond donors (Lipinski definition) is 0. The van der Waals surface area contributed by atoms with Gasteiger partial charge in [-0.1, -0.05) is 45.1 Å². The maximum absolute atomic E-state index is 13.1. The second-order valence-electron chi connectivity index (χ2n) is 5.44. The van der Waals surface area contributed by atoms with Crippen LogP contribution in [0, 0.1) is 10.8 Å². The lowest BCUT2D eigenvalue weighted by atomic mass is 9.66. The SMILES string of the molecule is CC1=C(C)C=CC(C)(C(C)(C)C(F)(F)F)C=C1. The number of rotatable bonds is 1. The Balaban J connectivity index is 3.25.